The second-order valence-corrected chi connectivity index (χ2v) is 3.84. The van der Waals surface area contributed by atoms with Crippen LogP contribution in [-0.2, 0) is 9.53 Å². The maximum absolute atomic E-state index is 10.8. The van der Waals surface area contributed by atoms with E-state index in [1.807, 2.05) is 0 Å². The summed E-state index contributed by atoms with van der Waals surface area (Å²) in [6, 6.07) is 0. The van der Waals surface area contributed by atoms with Crippen molar-refractivity contribution in [2.45, 2.75) is 58.0 Å². The molecule has 1 fully saturated rings. The highest BCUT2D eigenvalue weighted by atomic mass is 16.5. The predicted molar refractivity (Wildman–Crippen MR) is 57.0 cm³/mol. The number of carbonyl (C=O) groups excluding carboxylic acids is 1. The Morgan fingerprint density at radius 1 is 1.43 bits per heavy atom. The lowest BCUT2D eigenvalue weighted by atomic mass is 10.1. The normalized spacial score (nSPS) is 21.8. The quantitative estimate of drug-likeness (QED) is 0.370. The molecule has 2 nitrogen and oxygen atoms in total. The van der Waals surface area contributed by atoms with Crippen LogP contribution in [-0.4, -0.2) is 12.1 Å². The maximum Gasteiger partial charge on any atom is 0.306 e. The number of allylic oxidation sites excluding steroid dienone is 2. The van der Waals surface area contributed by atoms with Gasteiger partial charge in [0.15, 0.2) is 0 Å². The zero-order valence-electron chi connectivity index (χ0n) is 9.00. The fourth-order valence-electron chi connectivity index (χ4n) is 1.65. The molecule has 0 aromatic rings. The summed E-state index contributed by atoms with van der Waals surface area (Å²) in [4.78, 5) is 10.8. The van der Waals surface area contributed by atoms with Crippen molar-refractivity contribution in [3.05, 3.63) is 12.2 Å². The van der Waals surface area contributed by atoms with E-state index in [0.29, 0.717) is 6.42 Å². The molecule has 0 bridgehead atoms. The standard InChI is InChI=1S/C12H20O2/c1-2-3-4-5-6-7-8-11-9-10-12(13)14-11/h4-5,11H,2-3,6-10H2,1H3. The summed E-state index contributed by atoms with van der Waals surface area (Å²) in [6.45, 7) is 2.18. The smallest absolute Gasteiger partial charge is 0.306 e. The Morgan fingerprint density at radius 2 is 2.21 bits per heavy atom. The minimum absolute atomic E-state index is 0.0171. The molecule has 0 aromatic heterocycles. The number of cyclic esters (lactones) is 1. The fourth-order valence-corrected chi connectivity index (χ4v) is 1.65. The Hall–Kier alpha value is -0.790. The molecule has 1 heterocycles. The van der Waals surface area contributed by atoms with Gasteiger partial charge in [0.2, 0.25) is 0 Å². The van der Waals surface area contributed by atoms with Gasteiger partial charge in [0.05, 0.1) is 0 Å². The van der Waals surface area contributed by atoms with Crippen LogP contribution in [0.1, 0.15) is 51.9 Å². The van der Waals surface area contributed by atoms with E-state index in [2.05, 4.69) is 19.1 Å². The SMILES string of the molecule is CCCC=CCCCC1CCC(=O)O1. The molecule has 0 aromatic carbocycles. The number of unbranched alkanes of at least 4 members (excludes halogenated alkanes) is 2. The monoisotopic (exact) mass is 196 g/mol. The van der Waals surface area contributed by atoms with Gasteiger partial charge in [0.25, 0.3) is 0 Å². The Bertz CT molecular complexity index is 196. The van der Waals surface area contributed by atoms with Gasteiger partial charge in [0.1, 0.15) is 6.10 Å². The molecule has 0 spiro atoms. The van der Waals surface area contributed by atoms with Crippen LogP contribution >= 0.6 is 0 Å². The molecular weight excluding hydrogens is 176 g/mol. The zero-order valence-corrected chi connectivity index (χ0v) is 9.00. The number of esters is 1. The number of hydrogen-bond acceptors (Lipinski definition) is 2. The first-order valence-electron chi connectivity index (χ1n) is 5.67. The van der Waals surface area contributed by atoms with Gasteiger partial charge in [-0.25, -0.2) is 0 Å². The summed E-state index contributed by atoms with van der Waals surface area (Å²) in [5, 5.41) is 0. The summed E-state index contributed by atoms with van der Waals surface area (Å²) in [5.74, 6) is -0.0171. The Balaban J connectivity index is 1.96. The molecule has 0 radical (unpaired) electrons. The van der Waals surface area contributed by atoms with Crippen molar-refractivity contribution in [3.63, 3.8) is 0 Å². The molecule has 2 heteroatoms. The van der Waals surface area contributed by atoms with Gasteiger partial charge in [0, 0.05) is 6.42 Å². The molecule has 1 atom stereocenters. The first-order chi connectivity index (χ1) is 6.83. The minimum Gasteiger partial charge on any atom is -0.462 e. The predicted octanol–water partition coefficient (Wildman–Crippen LogP) is 3.22. The molecule has 14 heavy (non-hydrogen) atoms. The largest absolute Gasteiger partial charge is 0.462 e. The topological polar surface area (TPSA) is 26.3 Å². The summed E-state index contributed by atoms with van der Waals surface area (Å²) < 4.78 is 5.13. The zero-order chi connectivity index (χ0) is 10.2. The second kappa shape index (κ2) is 6.63. The molecule has 1 aliphatic heterocycles. The number of rotatable bonds is 6. The van der Waals surface area contributed by atoms with Gasteiger partial charge in [-0.05, 0) is 32.1 Å². The van der Waals surface area contributed by atoms with E-state index in [1.54, 1.807) is 0 Å². The van der Waals surface area contributed by atoms with Crippen molar-refractivity contribution in [2.24, 2.45) is 0 Å². The highest BCUT2D eigenvalue weighted by Crippen LogP contribution is 2.18. The Kier molecular flexibility index (Phi) is 5.35. The second-order valence-electron chi connectivity index (χ2n) is 3.84. The number of carbonyl (C=O) groups is 1. The van der Waals surface area contributed by atoms with Crippen molar-refractivity contribution in [1.82, 2.24) is 0 Å². The molecule has 0 N–H and O–H groups in total. The fraction of sp³-hybridized carbons (Fsp3) is 0.750. The van der Waals surface area contributed by atoms with Crippen LogP contribution in [0, 0.1) is 0 Å². The van der Waals surface area contributed by atoms with Gasteiger partial charge < -0.3 is 4.74 Å². The van der Waals surface area contributed by atoms with Gasteiger partial charge in [-0.1, -0.05) is 25.5 Å². The van der Waals surface area contributed by atoms with E-state index in [4.69, 9.17) is 4.74 Å². The van der Waals surface area contributed by atoms with Gasteiger partial charge in [-0.2, -0.15) is 0 Å². The molecule has 0 aliphatic carbocycles. The van der Waals surface area contributed by atoms with Gasteiger partial charge in [-0.15, -0.1) is 0 Å². The first kappa shape index (κ1) is 11.3. The highest BCUT2D eigenvalue weighted by Gasteiger charge is 2.21. The van der Waals surface area contributed by atoms with Gasteiger partial charge in [-0.3, -0.25) is 4.79 Å². The highest BCUT2D eigenvalue weighted by molar-refractivity contribution is 5.71. The third kappa shape index (κ3) is 4.45. The van der Waals surface area contributed by atoms with E-state index in [1.165, 1.54) is 12.8 Å². The van der Waals surface area contributed by atoms with Gasteiger partial charge >= 0.3 is 5.97 Å². The number of ether oxygens (including phenoxy) is 1. The van der Waals surface area contributed by atoms with Crippen LogP contribution in [0.15, 0.2) is 12.2 Å². The van der Waals surface area contributed by atoms with Crippen LogP contribution in [0.2, 0.25) is 0 Å². The van der Waals surface area contributed by atoms with Crippen LogP contribution in [0.5, 0.6) is 0 Å². The first-order valence-corrected chi connectivity index (χ1v) is 5.67. The van der Waals surface area contributed by atoms with Crippen molar-refractivity contribution in [2.75, 3.05) is 0 Å². The molecule has 0 amide bonds. The van der Waals surface area contributed by atoms with Crippen molar-refractivity contribution in [3.8, 4) is 0 Å². The molecule has 1 rings (SSSR count). The molecule has 80 valence electrons. The molecule has 1 aliphatic rings. The van der Waals surface area contributed by atoms with Crippen LogP contribution < -0.4 is 0 Å². The van der Waals surface area contributed by atoms with E-state index < -0.39 is 0 Å². The third-order valence-corrected chi connectivity index (χ3v) is 2.49. The number of hydrogen-bond donors (Lipinski definition) is 0. The van der Waals surface area contributed by atoms with E-state index in [9.17, 15) is 4.79 Å². The van der Waals surface area contributed by atoms with Crippen molar-refractivity contribution in [1.29, 1.82) is 0 Å². The average Bonchev–Trinajstić information content (AvgIpc) is 2.58. The molecular formula is C12H20O2. The van der Waals surface area contributed by atoms with E-state index in [-0.39, 0.29) is 12.1 Å². The van der Waals surface area contributed by atoms with E-state index >= 15 is 0 Å². The lowest BCUT2D eigenvalue weighted by Gasteiger charge is -2.06. The molecule has 1 unspecified atom stereocenters. The summed E-state index contributed by atoms with van der Waals surface area (Å²) in [7, 11) is 0. The Morgan fingerprint density at radius 3 is 2.86 bits per heavy atom. The molecule has 0 saturated carbocycles. The lowest BCUT2D eigenvalue weighted by molar-refractivity contribution is -0.141. The van der Waals surface area contributed by atoms with Crippen molar-refractivity contribution >= 4 is 5.97 Å². The average molecular weight is 196 g/mol. The van der Waals surface area contributed by atoms with Crippen LogP contribution in [0.25, 0.3) is 0 Å². The summed E-state index contributed by atoms with van der Waals surface area (Å²) in [5.41, 5.74) is 0. The molecule has 1 saturated heterocycles. The minimum atomic E-state index is -0.0171. The van der Waals surface area contributed by atoms with Crippen LogP contribution in [0.4, 0.5) is 0 Å². The maximum atomic E-state index is 10.8. The van der Waals surface area contributed by atoms with Crippen molar-refractivity contribution < 1.29 is 9.53 Å². The Labute approximate surface area is 86.3 Å². The lowest BCUT2D eigenvalue weighted by Crippen LogP contribution is -2.05. The summed E-state index contributed by atoms with van der Waals surface area (Å²) >= 11 is 0. The van der Waals surface area contributed by atoms with E-state index in [0.717, 1.165) is 25.7 Å². The third-order valence-electron chi connectivity index (χ3n) is 2.49. The van der Waals surface area contributed by atoms with Crippen LogP contribution in [0.3, 0.4) is 0 Å². The summed E-state index contributed by atoms with van der Waals surface area (Å²) in [6.07, 6.45) is 11.9.